The Morgan fingerprint density at radius 3 is 2.55 bits per heavy atom. The molecule has 0 aliphatic carbocycles. The Bertz CT molecular complexity index is 1190. The second-order valence-corrected chi connectivity index (χ2v) is 7.58. The molecule has 0 unspecified atom stereocenters. The van der Waals surface area contributed by atoms with Crippen LogP contribution >= 0.6 is 11.3 Å². The van der Waals surface area contributed by atoms with Crippen LogP contribution in [0.1, 0.15) is 27.9 Å². The van der Waals surface area contributed by atoms with Crippen LogP contribution in [0.2, 0.25) is 0 Å². The van der Waals surface area contributed by atoms with Gasteiger partial charge in [0.1, 0.15) is 10.8 Å². The number of aromatic nitrogens is 3. The lowest BCUT2D eigenvalue weighted by molar-refractivity contribution is 0.102. The molecule has 1 N–H and O–H groups in total. The smallest absolute Gasteiger partial charge is 0.258 e. The number of anilines is 1. The van der Waals surface area contributed by atoms with E-state index in [1.165, 1.54) is 11.3 Å². The average molecular weight is 404 g/mol. The zero-order valence-electron chi connectivity index (χ0n) is 16.4. The molecule has 0 atom stereocenters. The van der Waals surface area contributed by atoms with Gasteiger partial charge in [-0.05, 0) is 49.2 Å². The number of methoxy groups -OCH3 is 1. The summed E-state index contributed by atoms with van der Waals surface area (Å²) >= 11 is 1.39. The predicted octanol–water partition coefficient (Wildman–Crippen LogP) is 4.89. The van der Waals surface area contributed by atoms with Gasteiger partial charge in [-0.25, -0.2) is 4.98 Å². The molecule has 2 aromatic heterocycles. The molecule has 0 aliphatic heterocycles. The van der Waals surface area contributed by atoms with Crippen molar-refractivity contribution in [2.75, 3.05) is 12.4 Å². The van der Waals surface area contributed by atoms with Gasteiger partial charge in [-0.1, -0.05) is 36.5 Å². The molecule has 0 fully saturated rings. The first-order valence-electron chi connectivity index (χ1n) is 9.28. The number of amides is 1. The zero-order chi connectivity index (χ0) is 20.4. The van der Waals surface area contributed by atoms with Gasteiger partial charge in [-0.2, -0.15) is 0 Å². The monoisotopic (exact) mass is 404 g/mol. The fourth-order valence-corrected chi connectivity index (χ4v) is 3.91. The topological polar surface area (TPSA) is 77.0 Å². The van der Waals surface area contributed by atoms with Gasteiger partial charge in [-0.3, -0.25) is 10.1 Å². The Kier molecular flexibility index (Phi) is 5.22. The summed E-state index contributed by atoms with van der Waals surface area (Å²) in [6.45, 7) is 3.93. The second kappa shape index (κ2) is 7.97. The molecule has 4 rings (SSSR count). The number of fused-ring (bicyclic) bond motifs is 1. The summed E-state index contributed by atoms with van der Waals surface area (Å²) in [5.74, 6) is 0.558. The summed E-state index contributed by atoms with van der Waals surface area (Å²) in [6.07, 6.45) is 0.784. The highest BCUT2D eigenvalue weighted by molar-refractivity contribution is 7.15. The van der Waals surface area contributed by atoms with Crippen molar-refractivity contribution in [3.8, 4) is 17.0 Å². The van der Waals surface area contributed by atoms with Crippen LogP contribution in [0.4, 0.5) is 5.13 Å². The Morgan fingerprint density at radius 2 is 1.86 bits per heavy atom. The molecule has 0 bridgehead atoms. The van der Waals surface area contributed by atoms with E-state index in [1.54, 1.807) is 7.11 Å². The van der Waals surface area contributed by atoms with E-state index in [0.717, 1.165) is 44.9 Å². The van der Waals surface area contributed by atoms with Crippen molar-refractivity contribution >= 4 is 33.3 Å². The van der Waals surface area contributed by atoms with Crippen molar-refractivity contribution in [3.63, 3.8) is 0 Å². The van der Waals surface area contributed by atoms with E-state index < -0.39 is 0 Å². The van der Waals surface area contributed by atoms with Gasteiger partial charge in [0, 0.05) is 10.9 Å². The molecule has 6 nitrogen and oxygen atoms in total. The number of carbonyl (C=O) groups excluding carboxylic acids is 1. The van der Waals surface area contributed by atoms with Gasteiger partial charge in [0.05, 0.1) is 23.9 Å². The molecule has 1 amide bonds. The molecule has 2 heterocycles. The SMILES string of the molecule is CCc1nnc(NC(=O)c2c(C)c(-c3ccc(OC)cc3)nc3ccccc23)s1. The summed E-state index contributed by atoms with van der Waals surface area (Å²) in [5.41, 5.74) is 3.86. The van der Waals surface area contributed by atoms with Crippen LogP contribution < -0.4 is 10.1 Å². The van der Waals surface area contributed by atoms with E-state index in [0.29, 0.717) is 10.7 Å². The lowest BCUT2D eigenvalue weighted by atomic mass is 9.97. The third-order valence-electron chi connectivity index (χ3n) is 4.72. The lowest BCUT2D eigenvalue weighted by Gasteiger charge is -2.14. The first-order chi connectivity index (χ1) is 14.1. The Morgan fingerprint density at radius 1 is 1.10 bits per heavy atom. The normalized spacial score (nSPS) is 10.9. The standard InChI is InChI=1S/C22H20N4O2S/c1-4-18-25-26-22(29-18)24-21(27)19-13(2)20(14-9-11-15(28-3)12-10-14)23-17-8-6-5-7-16(17)19/h5-12H,4H2,1-3H3,(H,24,26,27). The van der Waals surface area contributed by atoms with Gasteiger partial charge in [0.2, 0.25) is 5.13 Å². The molecule has 0 aliphatic rings. The highest BCUT2D eigenvalue weighted by atomic mass is 32.1. The maximum Gasteiger partial charge on any atom is 0.258 e. The number of aryl methyl sites for hydroxylation is 1. The summed E-state index contributed by atoms with van der Waals surface area (Å²) in [4.78, 5) is 18.0. The number of hydrogen-bond donors (Lipinski definition) is 1. The van der Waals surface area contributed by atoms with Crippen LogP contribution in [0.15, 0.2) is 48.5 Å². The van der Waals surface area contributed by atoms with Gasteiger partial charge in [0.25, 0.3) is 5.91 Å². The molecular weight excluding hydrogens is 384 g/mol. The van der Waals surface area contributed by atoms with Crippen molar-refractivity contribution < 1.29 is 9.53 Å². The maximum absolute atomic E-state index is 13.2. The van der Waals surface area contributed by atoms with Gasteiger partial charge < -0.3 is 4.74 Å². The van der Waals surface area contributed by atoms with Crippen LogP contribution in [-0.2, 0) is 6.42 Å². The Balaban J connectivity index is 1.82. The number of nitrogens with one attached hydrogen (secondary N) is 1. The van der Waals surface area contributed by atoms with E-state index in [4.69, 9.17) is 9.72 Å². The molecule has 4 aromatic rings. The highest BCUT2D eigenvalue weighted by Gasteiger charge is 2.20. The molecule has 29 heavy (non-hydrogen) atoms. The number of pyridine rings is 1. The summed E-state index contributed by atoms with van der Waals surface area (Å²) in [5, 5.41) is 13.2. The maximum atomic E-state index is 13.2. The Hall–Kier alpha value is -3.32. The van der Waals surface area contributed by atoms with Gasteiger partial charge in [-0.15, -0.1) is 10.2 Å². The largest absolute Gasteiger partial charge is 0.497 e. The number of nitrogens with zero attached hydrogens (tertiary/aromatic N) is 3. The van der Waals surface area contributed by atoms with Crippen LogP contribution in [0.5, 0.6) is 5.75 Å². The minimum Gasteiger partial charge on any atom is -0.497 e. The highest BCUT2D eigenvalue weighted by Crippen LogP contribution is 2.31. The van der Waals surface area contributed by atoms with Gasteiger partial charge >= 0.3 is 0 Å². The molecule has 0 spiro atoms. The average Bonchev–Trinajstić information content (AvgIpc) is 3.20. The van der Waals surface area contributed by atoms with Crippen molar-refractivity contribution in [2.45, 2.75) is 20.3 Å². The van der Waals surface area contributed by atoms with Crippen LogP contribution in [0.3, 0.4) is 0 Å². The van der Waals surface area contributed by atoms with E-state index in [2.05, 4.69) is 15.5 Å². The minimum absolute atomic E-state index is 0.213. The summed E-state index contributed by atoms with van der Waals surface area (Å²) in [7, 11) is 1.63. The molecule has 0 radical (unpaired) electrons. The third-order valence-corrected chi connectivity index (χ3v) is 5.70. The van der Waals surface area contributed by atoms with Crippen LogP contribution in [0.25, 0.3) is 22.2 Å². The van der Waals surface area contributed by atoms with Crippen molar-refractivity contribution in [3.05, 3.63) is 64.7 Å². The minimum atomic E-state index is -0.213. The summed E-state index contributed by atoms with van der Waals surface area (Å²) in [6, 6.07) is 15.3. The quantitative estimate of drug-likeness (QED) is 0.513. The molecule has 146 valence electrons. The second-order valence-electron chi connectivity index (χ2n) is 6.51. The molecule has 7 heteroatoms. The van der Waals surface area contributed by atoms with Crippen molar-refractivity contribution in [1.29, 1.82) is 0 Å². The molecule has 0 saturated carbocycles. The number of carbonyl (C=O) groups is 1. The van der Waals surface area contributed by atoms with Crippen LogP contribution in [-0.4, -0.2) is 28.2 Å². The Labute approximate surface area is 172 Å². The van der Waals surface area contributed by atoms with Gasteiger partial charge in [0.15, 0.2) is 0 Å². The van der Waals surface area contributed by atoms with Crippen LogP contribution in [0, 0.1) is 6.92 Å². The lowest BCUT2D eigenvalue weighted by Crippen LogP contribution is -2.15. The fraction of sp³-hybridized carbons (Fsp3) is 0.182. The number of ether oxygens (including phenoxy) is 1. The van der Waals surface area contributed by atoms with E-state index in [1.807, 2.05) is 62.4 Å². The molecule has 2 aromatic carbocycles. The van der Waals surface area contributed by atoms with E-state index in [-0.39, 0.29) is 5.91 Å². The molecule has 0 saturated heterocycles. The van der Waals surface area contributed by atoms with Crippen molar-refractivity contribution in [2.24, 2.45) is 0 Å². The first kappa shape index (κ1) is 19.0. The van der Waals surface area contributed by atoms with E-state index in [9.17, 15) is 4.79 Å². The summed E-state index contributed by atoms with van der Waals surface area (Å²) < 4.78 is 5.25. The number of para-hydroxylation sites is 1. The van der Waals surface area contributed by atoms with E-state index >= 15 is 0 Å². The number of benzene rings is 2. The predicted molar refractivity (Wildman–Crippen MR) is 116 cm³/mol. The molecular formula is C22H20N4O2S. The number of hydrogen-bond acceptors (Lipinski definition) is 6. The number of rotatable bonds is 5. The first-order valence-corrected chi connectivity index (χ1v) is 10.1. The third kappa shape index (κ3) is 3.69. The zero-order valence-corrected chi connectivity index (χ0v) is 17.2. The fourth-order valence-electron chi connectivity index (χ4n) is 3.24. The van der Waals surface area contributed by atoms with Crippen molar-refractivity contribution in [1.82, 2.24) is 15.2 Å².